The summed E-state index contributed by atoms with van der Waals surface area (Å²) in [6.07, 6.45) is 0. The Hall–Kier alpha value is -6.26. The van der Waals surface area contributed by atoms with Gasteiger partial charge in [0.1, 0.15) is 0 Å². The number of anilines is 9. The van der Waals surface area contributed by atoms with Gasteiger partial charge in [-0.3, -0.25) is 0 Å². The van der Waals surface area contributed by atoms with Gasteiger partial charge < -0.3 is 14.7 Å². The molecule has 0 atom stereocenters. The zero-order valence-corrected chi connectivity index (χ0v) is 25.6. The molecule has 8 aromatic rings. The molecule has 8 aromatic carbocycles. The first-order valence-corrected chi connectivity index (χ1v) is 16.9. The predicted octanol–water partition coefficient (Wildman–Crippen LogP) is 9.80. The molecule has 0 saturated heterocycles. The van der Waals surface area contributed by atoms with Crippen molar-refractivity contribution in [2.24, 2.45) is 0 Å². The third-order valence-electron chi connectivity index (χ3n) is 12.1. The van der Waals surface area contributed by atoms with Crippen molar-refractivity contribution >= 4 is 95.8 Å². The molecule has 0 fully saturated rings. The van der Waals surface area contributed by atoms with Crippen molar-refractivity contribution in [1.29, 1.82) is 0 Å². The molecule has 216 valence electrons. The van der Waals surface area contributed by atoms with Crippen molar-refractivity contribution in [3.63, 3.8) is 0 Å². The van der Waals surface area contributed by atoms with Crippen molar-refractivity contribution in [2.45, 2.75) is 0 Å². The average Bonchev–Trinajstić information content (AvgIpc) is 3.15. The maximum Gasteiger partial charge on any atom is 0.257 e. The summed E-state index contributed by atoms with van der Waals surface area (Å²) in [6.45, 7) is 0.111. The van der Waals surface area contributed by atoms with Crippen LogP contribution in [0, 0.1) is 0 Å². The number of hydrogen-bond acceptors (Lipinski definition) is 3. The van der Waals surface area contributed by atoms with Crippen molar-refractivity contribution in [3.8, 4) is 33.4 Å². The minimum atomic E-state index is 0.111. The molecular formula is C44H22BN3. The summed E-state index contributed by atoms with van der Waals surface area (Å²) in [6, 6.07) is 51.1. The van der Waals surface area contributed by atoms with Gasteiger partial charge in [-0.2, -0.15) is 0 Å². The van der Waals surface area contributed by atoms with Crippen LogP contribution in [0.3, 0.4) is 0 Å². The molecule has 8 heterocycles. The zero-order valence-electron chi connectivity index (χ0n) is 25.6. The highest BCUT2D eigenvalue weighted by molar-refractivity contribution is 7.03. The smallest absolute Gasteiger partial charge is 0.257 e. The van der Waals surface area contributed by atoms with E-state index in [1.54, 1.807) is 0 Å². The van der Waals surface area contributed by atoms with E-state index in [9.17, 15) is 0 Å². The monoisotopic (exact) mass is 603 g/mol. The normalized spacial score (nSPS) is 14.9. The average molecular weight is 603 g/mol. The first kappa shape index (κ1) is 23.1. The molecule has 0 saturated carbocycles. The molecule has 3 nitrogen and oxygen atoms in total. The molecule has 0 aliphatic carbocycles. The second-order valence-electron chi connectivity index (χ2n) is 14.1. The van der Waals surface area contributed by atoms with Crippen LogP contribution < -0.4 is 31.1 Å². The van der Waals surface area contributed by atoms with Gasteiger partial charge in [0.25, 0.3) is 6.71 Å². The molecular weight excluding hydrogens is 581 g/mol. The third kappa shape index (κ3) is 2.28. The predicted molar refractivity (Wildman–Crippen MR) is 201 cm³/mol. The van der Waals surface area contributed by atoms with E-state index in [0.717, 1.165) is 0 Å². The lowest BCUT2D eigenvalue weighted by Gasteiger charge is -2.52. The topological polar surface area (TPSA) is 9.72 Å². The van der Waals surface area contributed by atoms with Crippen LogP contribution in [0.2, 0.25) is 0 Å². The van der Waals surface area contributed by atoms with Gasteiger partial charge in [0.2, 0.25) is 0 Å². The van der Waals surface area contributed by atoms with Crippen molar-refractivity contribution in [1.82, 2.24) is 0 Å². The minimum absolute atomic E-state index is 0.111. The molecule has 48 heavy (non-hydrogen) atoms. The highest BCUT2D eigenvalue weighted by Gasteiger charge is 2.52. The Morgan fingerprint density at radius 1 is 0.354 bits per heavy atom. The van der Waals surface area contributed by atoms with Crippen LogP contribution >= 0.6 is 0 Å². The molecule has 0 aromatic heterocycles. The summed E-state index contributed by atoms with van der Waals surface area (Å²) < 4.78 is 0. The van der Waals surface area contributed by atoms with Crippen LogP contribution in [0.15, 0.2) is 133 Å². The number of fused-ring (bicyclic) bond motifs is 4. The van der Waals surface area contributed by atoms with E-state index in [1.807, 2.05) is 0 Å². The number of rotatable bonds is 0. The van der Waals surface area contributed by atoms with Crippen LogP contribution in [-0.4, -0.2) is 6.71 Å². The van der Waals surface area contributed by atoms with Gasteiger partial charge in [-0.15, -0.1) is 0 Å². The number of hydrogen-bond donors (Lipinski definition) is 0. The van der Waals surface area contributed by atoms with Gasteiger partial charge in [0, 0.05) is 56.0 Å². The van der Waals surface area contributed by atoms with Crippen LogP contribution in [0.25, 0.3) is 54.9 Å². The lowest BCUT2D eigenvalue weighted by Crippen LogP contribution is -2.65. The fourth-order valence-corrected chi connectivity index (χ4v) is 10.4. The molecule has 0 spiro atoms. The molecule has 8 aliphatic rings. The molecule has 0 unspecified atom stereocenters. The van der Waals surface area contributed by atoms with Crippen LogP contribution in [0.1, 0.15) is 0 Å². The van der Waals surface area contributed by atoms with Gasteiger partial charge in [-0.05, 0) is 97.9 Å². The summed E-state index contributed by atoms with van der Waals surface area (Å²) in [4.78, 5) is 7.81. The minimum Gasteiger partial charge on any atom is -0.311 e. The van der Waals surface area contributed by atoms with Crippen LogP contribution in [-0.2, 0) is 0 Å². The zero-order chi connectivity index (χ0) is 30.6. The van der Waals surface area contributed by atoms with Crippen molar-refractivity contribution in [2.75, 3.05) is 14.7 Å². The second kappa shape index (κ2) is 7.32. The summed E-state index contributed by atoms with van der Waals surface area (Å²) in [5, 5.41) is 5.33. The fraction of sp³-hybridized carbons (Fsp3) is 0. The van der Waals surface area contributed by atoms with E-state index in [1.165, 1.54) is 123 Å². The first-order valence-electron chi connectivity index (χ1n) is 16.9. The Kier molecular flexibility index (Phi) is 3.53. The molecule has 0 radical (unpaired) electrons. The van der Waals surface area contributed by atoms with E-state index in [-0.39, 0.29) is 6.71 Å². The Bertz CT molecular complexity index is 2720. The highest BCUT2D eigenvalue weighted by Crippen LogP contribution is 2.62. The van der Waals surface area contributed by atoms with E-state index in [0.29, 0.717) is 0 Å². The SMILES string of the molecule is c1cc2c3c(c1)-c1cccc4cc5c6c(c14)N3c1c3c(cc4cccc-2c14)N1c2ccc(cc2)-c2ccc(cc2)N5c2cccc1c2B36. The number of para-hydroxylation sites is 1. The highest BCUT2D eigenvalue weighted by atomic mass is 15.2. The fourth-order valence-electron chi connectivity index (χ4n) is 10.4. The van der Waals surface area contributed by atoms with Crippen LogP contribution in [0.4, 0.5) is 51.2 Å². The quantitative estimate of drug-likeness (QED) is 0.160. The summed E-state index contributed by atoms with van der Waals surface area (Å²) in [5.74, 6) is 0. The van der Waals surface area contributed by atoms with E-state index >= 15 is 0 Å². The van der Waals surface area contributed by atoms with E-state index < -0.39 is 0 Å². The van der Waals surface area contributed by atoms with E-state index in [2.05, 4.69) is 148 Å². The van der Waals surface area contributed by atoms with Crippen molar-refractivity contribution < 1.29 is 0 Å². The Balaban J connectivity index is 1.30. The molecule has 0 N–H and O–H groups in total. The maximum absolute atomic E-state index is 2.70. The molecule has 4 heteroatoms. The van der Waals surface area contributed by atoms with Gasteiger partial charge in [0.05, 0.1) is 17.1 Å². The van der Waals surface area contributed by atoms with Gasteiger partial charge in [0.15, 0.2) is 0 Å². The Morgan fingerprint density at radius 2 is 0.812 bits per heavy atom. The Morgan fingerprint density at radius 3 is 1.33 bits per heavy atom. The number of nitrogens with zero attached hydrogens (tertiary/aromatic N) is 3. The molecule has 0 amide bonds. The summed E-state index contributed by atoms with van der Waals surface area (Å²) in [5.41, 5.74) is 23.6. The molecule has 9 bridgehead atoms. The van der Waals surface area contributed by atoms with Crippen LogP contribution in [0.5, 0.6) is 0 Å². The van der Waals surface area contributed by atoms with Gasteiger partial charge in [-0.25, -0.2) is 0 Å². The third-order valence-corrected chi connectivity index (χ3v) is 12.1. The van der Waals surface area contributed by atoms with E-state index in [4.69, 9.17) is 0 Å². The lowest BCUT2D eigenvalue weighted by atomic mass is 9.31. The molecule has 8 aliphatic heterocycles. The number of benzene rings is 8. The summed E-state index contributed by atoms with van der Waals surface area (Å²) >= 11 is 0. The standard InChI is InChI=1S/C44H22BN3/c1-5-25-21-35-40-43-37(25)29(7-1)31-9-3-10-32-30-8-2-6-26-22-36-41(44(38(26)30)48(43)42(31)32)45(40)39-33-11-4-12-34(39)47(36)28-19-15-24(16-20-28)23-13-17-27(18-14-23)46(33)35/h1-22H. The Labute approximate surface area is 276 Å². The van der Waals surface area contributed by atoms with Crippen molar-refractivity contribution in [3.05, 3.63) is 133 Å². The first-order chi connectivity index (χ1) is 23.8. The maximum atomic E-state index is 2.70. The molecule has 16 rings (SSSR count). The second-order valence-corrected chi connectivity index (χ2v) is 14.1. The largest absolute Gasteiger partial charge is 0.311 e. The summed E-state index contributed by atoms with van der Waals surface area (Å²) in [7, 11) is 0. The lowest BCUT2D eigenvalue weighted by molar-refractivity contribution is 1.23. The van der Waals surface area contributed by atoms with Gasteiger partial charge >= 0.3 is 0 Å². The van der Waals surface area contributed by atoms with Gasteiger partial charge in [-0.1, -0.05) is 84.9 Å².